The quantitative estimate of drug-likeness (QED) is 0.291. The average molecular weight is 468 g/mol. The highest BCUT2D eigenvalue weighted by Crippen LogP contribution is 2.22. The van der Waals surface area contributed by atoms with Gasteiger partial charge in [0.25, 0.3) is 0 Å². The molecule has 178 valence electrons. The van der Waals surface area contributed by atoms with Crippen LogP contribution in [0.15, 0.2) is 72.8 Å². The van der Waals surface area contributed by atoms with Gasteiger partial charge in [-0.15, -0.1) is 0 Å². The lowest BCUT2D eigenvalue weighted by Gasteiger charge is -2.11. The van der Waals surface area contributed by atoms with E-state index in [-0.39, 0.29) is 5.91 Å². The van der Waals surface area contributed by atoms with Crippen molar-refractivity contribution < 1.29 is 9.53 Å². The molecule has 0 radical (unpaired) electrons. The minimum Gasteiger partial charge on any atom is -0.496 e. The Morgan fingerprint density at radius 1 is 0.800 bits per heavy atom. The molecule has 0 atom stereocenters. The van der Waals surface area contributed by atoms with Crippen LogP contribution >= 0.6 is 0 Å². The number of nitrogens with zero attached hydrogens (tertiary/aromatic N) is 2. The van der Waals surface area contributed by atoms with Crippen molar-refractivity contribution >= 4 is 34.7 Å². The first-order chi connectivity index (χ1) is 16.9. The van der Waals surface area contributed by atoms with Crippen LogP contribution in [0, 0.1) is 20.8 Å². The third kappa shape index (κ3) is 6.57. The number of carbonyl (C=O) groups is 1. The van der Waals surface area contributed by atoms with Gasteiger partial charge in [0.1, 0.15) is 11.6 Å². The Morgan fingerprint density at radius 3 is 2.14 bits per heavy atom. The minimum absolute atomic E-state index is 0.0754. The normalized spacial score (nSPS) is 10.5. The number of amides is 1. The lowest BCUT2D eigenvalue weighted by Crippen LogP contribution is -2.14. The summed E-state index contributed by atoms with van der Waals surface area (Å²) >= 11 is 0. The van der Waals surface area contributed by atoms with E-state index in [9.17, 15) is 4.79 Å². The second kappa shape index (κ2) is 10.7. The molecule has 1 heterocycles. The largest absolute Gasteiger partial charge is 0.496 e. The first-order valence-corrected chi connectivity index (χ1v) is 11.4. The fourth-order valence-electron chi connectivity index (χ4n) is 3.68. The number of nitrogens with one attached hydrogen (secondary N) is 3. The molecule has 1 aromatic heterocycles. The van der Waals surface area contributed by atoms with E-state index in [4.69, 9.17) is 4.74 Å². The molecular weight excluding hydrogens is 438 g/mol. The van der Waals surface area contributed by atoms with Crippen molar-refractivity contribution in [1.29, 1.82) is 0 Å². The molecule has 1 amide bonds. The molecule has 35 heavy (non-hydrogen) atoms. The predicted octanol–water partition coefficient (Wildman–Crippen LogP) is 6.08. The van der Waals surface area contributed by atoms with Gasteiger partial charge in [-0.05, 0) is 74.4 Å². The molecule has 0 saturated heterocycles. The summed E-state index contributed by atoms with van der Waals surface area (Å²) in [6.07, 6.45) is 0.293. The molecule has 0 spiro atoms. The summed E-state index contributed by atoms with van der Waals surface area (Å²) in [4.78, 5) is 21.5. The van der Waals surface area contributed by atoms with Crippen LogP contribution in [0.5, 0.6) is 5.75 Å². The second-order valence-electron chi connectivity index (χ2n) is 8.44. The van der Waals surface area contributed by atoms with Gasteiger partial charge in [-0.1, -0.05) is 29.8 Å². The first kappa shape index (κ1) is 23.8. The van der Waals surface area contributed by atoms with Gasteiger partial charge >= 0.3 is 0 Å². The Morgan fingerprint density at radius 2 is 1.46 bits per heavy atom. The van der Waals surface area contributed by atoms with Crippen LogP contribution in [0.3, 0.4) is 0 Å². The van der Waals surface area contributed by atoms with Gasteiger partial charge in [-0.2, -0.15) is 4.98 Å². The molecule has 0 unspecified atom stereocenters. The zero-order valence-corrected chi connectivity index (χ0v) is 20.3. The highest BCUT2D eigenvalue weighted by Gasteiger charge is 2.08. The van der Waals surface area contributed by atoms with Crippen LogP contribution in [-0.4, -0.2) is 23.0 Å². The predicted molar refractivity (Wildman–Crippen MR) is 141 cm³/mol. The van der Waals surface area contributed by atoms with Crippen molar-refractivity contribution in [2.24, 2.45) is 0 Å². The Kier molecular flexibility index (Phi) is 7.26. The molecule has 0 bridgehead atoms. The van der Waals surface area contributed by atoms with Crippen LogP contribution < -0.4 is 20.7 Å². The molecule has 0 saturated carbocycles. The highest BCUT2D eigenvalue weighted by atomic mass is 16.5. The Bertz CT molecular complexity index is 1320. The van der Waals surface area contributed by atoms with E-state index in [0.29, 0.717) is 18.2 Å². The van der Waals surface area contributed by atoms with E-state index in [1.165, 1.54) is 5.56 Å². The van der Waals surface area contributed by atoms with E-state index in [2.05, 4.69) is 25.9 Å². The molecule has 7 nitrogen and oxygen atoms in total. The van der Waals surface area contributed by atoms with E-state index in [0.717, 1.165) is 39.6 Å². The molecule has 3 aromatic carbocycles. The lowest BCUT2D eigenvalue weighted by molar-refractivity contribution is -0.115. The summed E-state index contributed by atoms with van der Waals surface area (Å²) in [5.74, 6) is 1.94. The number of hydrogen-bond acceptors (Lipinski definition) is 6. The summed E-state index contributed by atoms with van der Waals surface area (Å²) in [5.41, 5.74) is 6.49. The van der Waals surface area contributed by atoms with Gasteiger partial charge in [0.05, 0.1) is 13.5 Å². The van der Waals surface area contributed by atoms with Gasteiger partial charge in [0.2, 0.25) is 11.9 Å². The molecule has 0 aliphatic carbocycles. The van der Waals surface area contributed by atoms with Crippen LogP contribution in [0.2, 0.25) is 0 Å². The molecule has 0 aliphatic rings. The van der Waals surface area contributed by atoms with Gasteiger partial charge in [0, 0.05) is 28.8 Å². The van der Waals surface area contributed by atoms with Crippen molar-refractivity contribution in [1.82, 2.24) is 9.97 Å². The smallest absolute Gasteiger partial charge is 0.229 e. The van der Waals surface area contributed by atoms with Gasteiger partial charge in [-0.25, -0.2) is 4.98 Å². The summed E-state index contributed by atoms with van der Waals surface area (Å²) in [6, 6.07) is 23.2. The van der Waals surface area contributed by atoms with Crippen molar-refractivity contribution in [3.63, 3.8) is 0 Å². The summed E-state index contributed by atoms with van der Waals surface area (Å²) < 4.78 is 5.28. The summed E-state index contributed by atoms with van der Waals surface area (Å²) in [6.45, 7) is 5.94. The molecule has 3 N–H and O–H groups in total. The maximum Gasteiger partial charge on any atom is 0.229 e. The number of hydrogen-bond donors (Lipinski definition) is 3. The molecule has 0 fully saturated rings. The van der Waals surface area contributed by atoms with Crippen LogP contribution in [-0.2, 0) is 11.2 Å². The topological polar surface area (TPSA) is 88.2 Å². The third-order valence-electron chi connectivity index (χ3n) is 5.43. The van der Waals surface area contributed by atoms with Gasteiger partial charge in [0.15, 0.2) is 0 Å². The number of aromatic nitrogens is 2. The number of carbonyl (C=O) groups excluding carboxylic acids is 1. The second-order valence-corrected chi connectivity index (χ2v) is 8.44. The third-order valence-corrected chi connectivity index (χ3v) is 5.43. The number of rotatable bonds is 8. The number of benzene rings is 3. The molecule has 4 rings (SSSR count). The van der Waals surface area contributed by atoms with Crippen molar-refractivity contribution in [2.75, 3.05) is 23.1 Å². The monoisotopic (exact) mass is 467 g/mol. The number of methoxy groups -OCH3 is 1. The Labute approximate surface area is 205 Å². The molecule has 4 aromatic rings. The van der Waals surface area contributed by atoms with Crippen molar-refractivity contribution in [3.8, 4) is 5.75 Å². The minimum atomic E-state index is -0.0754. The zero-order valence-electron chi connectivity index (χ0n) is 20.3. The van der Waals surface area contributed by atoms with Gasteiger partial charge < -0.3 is 20.7 Å². The number of ether oxygens (including phenoxy) is 1. The Balaban J connectivity index is 1.37. The average Bonchev–Trinajstić information content (AvgIpc) is 2.82. The number of anilines is 5. The molecule has 7 heteroatoms. The summed E-state index contributed by atoms with van der Waals surface area (Å²) in [5, 5.41) is 9.49. The van der Waals surface area contributed by atoms with E-state index in [1.54, 1.807) is 7.11 Å². The lowest BCUT2D eigenvalue weighted by atomic mass is 10.1. The standard InChI is InChI=1S/C28H29N5O2/c1-18-5-8-24(9-6-18)32-28-29-20(3)16-26(33-28)30-22-10-12-23(13-11-22)31-27(34)17-21-7-14-25(35-4)19(2)15-21/h5-16H,17H2,1-4H3,(H,31,34)(H2,29,30,32,33). The highest BCUT2D eigenvalue weighted by molar-refractivity contribution is 5.92. The maximum atomic E-state index is 12.5. The fourth-order valence-corrected chi connectivity index (χ4v) is 3.68. The molecular formula is C28H29N5O2. The first-order valence-electron chi connectivity index (χ1n) is 11.4. The van der Waals surface area contributed by atoms with Crippen LogP contribution in [0.4, 0.5) is 28.8 Å². The SMILES string of the molecule is COc1ccc(CC(=O)Nc2ccc(Nc3cc(C)nc(Nc4ccc(C)cc4)n3)cc2)cc1C. The molecule has 0 aliphatic heterocycles. The van der Waals surface area contributed by atoms with Crippen molar-refractivity contribution in [2.45, 2.75) is 27.2 Å². The van der Waals surface area contributed by atoms with Crippen LogP contribution in [0.1, 0.15) is 22.4 Å². The maximum absolute atomic E-state index is 12.5. The zero-order chi connectivity index (χ0) is 24.8. The van der Waals surface area contributed by atoms with Crippen molar-refractivity contribution in [3.05, 3.63) is 95.2 Å². The van der Waals surface area contributed by atoms with E-state index < -0.39 is 0 Å². The van der Waals surface area contributed by atoms with Crippen LogP contribution in [0.25, 0.3) is 0 Å². The van der Waals surface area contributed by atoms with E-state index in [1.807, 2.05) is 93.6 Å². The van der Waals surface area contributed by atoms with Gasteiger partial charge in [-0.3, -0.25) is 4.79 Å². The fraction of sp³-hybridized carbons (Fsp3) is 0.179. The number of aryl methyl sites for hydroxylation is 3. The summed E-state index contributed by atoms with van der Waals surface area (Å²) in [7, 11) is 1.64. The van der Waals surface area contributed by atoms with E-state index >= 15 is 0 Å². The Hall–Kier alpha value is -4.39.